The van der Waals surface area contributed by atoms with Crippen LogP contribution in [-0.2, 0) is 13.1 Å². The number of phenolic OH excluding ortho intramolecular Hbond substituents is 1. The molecular formula is C18H16F2N2O3. The Labute approximate surface area is 142 Å². The van der Waals surface area contributed by atoms with Crippen molar-refractivity contribution in [3.05, 3.63) is 63.1 Å². The first-order chi connectivity index (χ1) is 11.8. The lowest BCUT2D eigenvalue weighted by molar-refractivity contribution is 0.0747. The molecule has 1 heterocycles. The summed E-state index contributed by atoms with van der Waals surface area (Å²) < 4.78 is 27.7. The lowest BCUT2D eigenvalue weighted by Gasteiger charge is -2.18. The van der Waals surface area contributed by atoms with Gasteiger partial charge in [0.1, 0.15) is 23.1 Å². The fourth-order valence-electron chi connectivity index (χ4n) is 3.04. The molecular weight excluding hydrogens is 330 g/mol. The van der Waals surface area contributed by atoms with E-state index in [0.717, 1.165) is 18.2 Å². The van der Waals surface area contributed by atoms with Crippen LogP contribution in [0.15, 0.2) is 29.4 Å². The summed E-state index contributed by atoms with van der Waals surface area (Å²) in [6.45, 7) is 3.49. The number of rotatable bonds is 3. The molecule has 2 aromatic rings. The SMILES string of the molecule is CC(C)c1cc(C(=O)N2Cc3c(F)ccc(F)c3C2)c(O)cc1N=O. The van der Waals surface area contributed by atoms with E-state index in [4.69, 9.17) is 0 Å². The number of carbonyl (C=O) groups is 1. The number of aromatic hydroxyl groups is 1. The quantitative estimate of drug-likeness (QED) is 0.840. The molecule has 0 aliphatic carbocycles. The maximum Gasteiger partial charge on any atom is 0.258 e. The van der Waals surface area contributed by atoms with Crippen LogP contribution in [0.1, 0.15) is 46.8 Å². The third-order valence-corrected chi connectivity index (χ3v) is 4.40. The third-order valence-electron chi connectivity index (χ3n) is 4.40. The summed E-state index contributed by atoms with van der Waals surface area (Å²) in [7, 11) is 0. The first-order valence-corrected chi connectivity index (χ1v) is 7.78. The van der Waals surface area contributed by atoms with Crippen molar-refractivity contribution in [1.29, 1.82) is 0 Å². The normalized spacial score (nSPS) is 13.2. The van der Waals surface area contributed by atoms with Crippen LogP contribution in [0.5, 0.6) is 5.75 Å². The average Bonchev–Trinajstić information content (AvgIpc) is 3.03. The number of nitroso groups, excluding NO2 is 1. The van der Waals surface area contributed by atoms with Gasteiger partial charge in [-0.3, -0.25) is 4.79 Å². The van der Waals surface area contributed by atoms with E-state index in [1.54, 1.807) is 0 Å². The molecule has 0 unspecified atom stereocenters. The molecule has 5 nitrogen and oxygen atoms in total. The number of phenols is 1. The van der Waals surface area contributed by atoms with Crippen LogP contribution in [0.2, 0.25) is 0 Å². The highest BCUT2D eigenvalue weighted by molar-refractivity contribution is 5.98. The number of carbonyl (C=O) groups excluding carboxylic acids is 1. The van der Waals surface area contributed by atoms with Crippen molar-refractivity contribution >= 4 is 11.6 Å². The highest BCUT2D eigenvalue weighted by Crippen LogP contribution is 2.35. The van der Waals surface area contributed by atoms with Gasteiger partial charge in [-0.05, 0) is 34.9 Å². The van der Waals surface area contributed by atoms with Crippen molar-refractivity contribution in [2.24, 2.45) is 5.18 Å². The van der Waals surface area contributed by atoms with Gasteiger partial charge in [0.25, 0.3) is 5.91 Å². The molecule has 2 aromatic carbocycles. The molecule has 1 aliphatic heterocycles. The minimum Gasteiger partial charge on any atom is -0.507 e. The van der Waals surface area contributed by atoms with Crippen LogP contribution in [0.3, 0.4) is 0 Å². The standard InChI is InChI=1S/C18H16F2N2O3/c1-9(2)10-5-11(17(23)6-16(10)21-25)18(24)22-7-12-13(8-22)15(20)4-3-14(12)19/h3-6,9,23H,7-8H2,1-2H3. The van der Waals surface area contributed by atoms with Crippen LogP contribution < -0.4 is 0 Å². The topological polar surface area (TPSA) is 70.0 Å². The number of hydrogen-bond donors (Lipinski definition) is 1. The summed E-state index contributed by atoms with van der Waals surface area (Å²) >= 11 is 0. The van der Waals surface area contributed by atoms with Gasteiger partial charge in [0.05, 0.1) is 5.56 Å². The van der Waals surface area contributed by atoms with E-state index >= 15 is 0 Å². The van der Waals surface area contributed by atoms with Crippen molar-refractivity contribution in [1.82, 2.24) is 4.90 Å². The number of amides is 1. The Balaban J connectivity index is 1.98. The fourth-order valence-corrected chi connectivity index (χ4v) is 3.04. The summed E-state index contributed by atoms with van der Waals surface area (Å²) in [6, 6.07) is 4.61. The van der Waals surface area contributed by atoms with E-state index in [0.29, 0.717) is 5.56 Å². The molecule has 0 spiro atoms. The second-order valence-corrected chi connectivity index (χ2v) is 6.32. The van der Waals surface area contributed by atoms with Gasteiger partial charge in [0, 0.05) is 30.3 Å². The summed E-state index contributed by atoms with van der Waals surface area (Å²) in [4.78, 5) is 24.9. The lowest BCUT2D eigenvalue weighted by atomic mass is 9.97. The van der Waals surface area contributed by atoms with Gasteiger partial charge < -0.3 is 10.0 Å². The molecule has 0 fully saturated rings. The molecule has 1 aliphatic rings. The predicted molar refractivity (Wildman–Crippen MR) is 87.6 cm³/mol. The predicted octanol–water partition coefficient (Wildman–Crippen LogP) is 4.35. The number of fused-ring (bicyclic) bond motifs is 1. The molecule has 0 saturated heterocycles. The Kier molecular flexibility index (Phi) is 4.24. The zero-order valence-corrected chi connectivity index (χ0v) is 13.7. The van der Waals surface area contributed by atoms with E-state index in [2.05, 4.69) is 5.18 Å². The summed E-state index contributed by atoms with van der Waals surface area (Å²) in [5, 5.41) is 13.0. The zero-order valence-electron chi connectivity index (χ0n) is 13.7. The Morgan fingerprint density at radius 3 is 2.20 bits per heavy atom. The maximum absolute atomic E-state index is 13.9. The summed E-state index contributed by atoms with van der Waals surface area (Å²) in [5.74, 6) is -2.18. The first-order valence-electron chi connectivity index (χ1n) is 7.78. The van der Waals surface area contributed by atoms with Gasteiger partial charge in [-0.25, -0.2) is 8.78 Å². The number of halogens is 2. The van der Waals surface area contributed by atoms with Gasteiger partial charge in [-0.1, -0.05) is 13.8 Å². The van der Waals surface area contributed by atoms with Gasteiger partial charge >= 0.3 is 0 Å². The average molecular weight is 346 g/mol. The van der Waals surface area contributed by atoms with Crippen molar-refractivity contribution < 1.29 is 18.7 Å². The highest BCUT2D eigenvalue weighted by atomic mass is 19.1. The van der Waals surface area contributed by atoms with Gasteiger partial charge in [-0.2, -0.15) is 0 Å². The molecule has 7 heteroatoms. The Morgan fingerprint density at radius 2 is 1.72 bits per heavy atom. The van der Waals surface area contributed by atoms with Gasteiger partial charge in [0.15, 0.2) is 0 Å². The minimum absolute atomic E-state index is 0.0234. The van der Waals surface area contributed by atoms with E-state index < -0.39 is 17.5 Å². The van der Waals surface area contributed by atoms with Crippen molar-refractivity contribution in [2.45, 2.75) is 32.9 Å². The van der Waals surface area contributed by atoms with Gasteiger partial charge in [0.2, 0.25) is 0 Å². The fraction of sp³-hybridized carbons (Fsp3) is 0.278. The van der Waals surface area contributed by atoms with Crippen LogP contribution in [0, 0.1) is 16.5 Å². The maximum atomic E-state index is 13.9. The van der Waals surface area contributed by atoms with Crippen molar-refractivity contribution in [3.8, 4) is 5.75 Å². The van der Waals surface area contributed by atoms with Crippen molar-refractivity contribution in [2.75, 3.05) is 0 Å². The number of benzene rings is 2. The Hall–Kier alpha value is -2.83. The van der Waals surface area contributed by atoms with Crippen LogP contribution >= 0.6 is 0 Å². The molecule has 0 radical (unpaired) electrons. The first kappa shape index (κ1) is 17.0. The van der Waals surface area contributed by atoms with Crippen LogP contribution in [0.4, 0.5) is 14.5 Å². The molecule has 1 N–H and O–H groups in total. The minimum atomic E-state index is -0.570. The molecule has 1 amide bonds. The second kappa shape index (κ2) is 6.23. The Morgan fingerprint density at radius 1 is 1.16 bits per heavy atom. The van der Waals surface area contributed by atoms with Crippen LogP contribution in [-0.4, -0.2) is 15.9 Å². The number of hydrogen-bond acceptors (Lipinski definition) is 4. The molecule has 0 bridgehead atoms. The molecule has 0 aromatic heterocycles. The Bertz CT molecular complexity index is 850. The summed E-state index contributed by atoms with van der Waals surface area (Å²) in [6.07, 6.45) is 0. The lowest BCUT2D eigenvalue weighted by Crippen LogP contribution is -2.25. The third kappa shape index (κ3) is 2.86. The van der Waals surface area contributed by atoms with E-state index in [1.165, 1.54) is 11.0 Å². The zero-order chi connectivity index (χ0) is 18.3. The van der Waals surface area contributed by atoms with E-state index in [1.807, 2.05) is 13.8 Å². The monoisotopic (exact) mass is 346 g/mol. The van der Waals surface area contributed by atoms with Crippen molar-refractivity contribution in [3.63, 3.8) is 0 Å². The highest BCUT2D eigenvalue weighted by Gasteiger charge is 2.30. The van der Waals surface area contributed by atoms with E-state index in [9.17, 15) is 23.6 Å². The smallest absolute Gasteiger partial charge is 0.258 e. The molecule has 25 heavy (non-hydrogen) atoms. The molecule has 3 rings (SSSR count). The molecule has 130 valence electrons. The van der Waals surface area contributed by atoms with Gasteiger partial charge in [-0.15, -0.1) is 4.91 Å². The summed E-state index contributed by atoms with van der Waals surface area (Å²) in [5.41, 5.74) is 0.840. The second-order valence-electron chi connectivity index (χ2n) is 6.32. The molecule has 0 atom stereocenters. The number of nitrogens with zero attached hydrogens (tertiary/aromatic N) is 2. The van der Waals surface area contributed by atoms with E-state index in [-0.39, 0.29) is 47.1 Å². The largest absolute Gasteiger partial charge is 0.507 e. The van der Waals surface area contributed by atoms with Crippen LogP contribution in [0.25, 0.3) is 0 Å². The molecule has 0 saturated carbocycles.